The average molecular weight is 275 g/mol. The number of hydrogen-bond acceptors (Lipinski definition) is 5. The quantitative estimate of drug-likeness (QED) is 0.316. The van der Waals surface area contributed by atoms with E-state index in [1.807, 2.05) is 0 Å². The highest BCUT2D eigenvalue weighted by molar-refractivity contribution is 6.01. The maximum Gasteiger partial charge on any atom is 0.211 e. The Hall–Kier alpha value is -2.97. The van der Waals surface area contributed by atoms with Crippen LogP contribution in [0, 0.1) is 0 Å². The molecule has 1 aromatic rings. The third-order valence-electron chi connectivity index (χ3n) is 2.12. The molecule has 1 rings (SSSR count). The minimum absolute atomic E-state index is 0.119. The zero-order valence-corrected chi connectivity index (χ0v) is 11.3. The van der Waals surface area contributed by atoms with Crippen molar-refractivity contribution in [1.29, 1.82) is 0 Å². The van der Waals surface area contributed by atoms with E-state index in [1.165, 1.54) is 0 Å². The molecule has 0 bridgehead atoms. The third-order valence-corrected chi connectivity index (χ3v) is 2.12. The lowest BCUT2D eigenvalue weighted by molar-refractivity contribution is 1.15. The molecule has 0 fully saturated rings. The first kappa shape index (κ1) is 15.1. The minimum atomic E-state index is -0.119. The van der Waals surface area contributed by atoms with E-state index in [2.05, 4.69) is 25.4 Å². The predicted octanol–water partition coefficient (Wildman–Crippen LogP) is -0.924. The summed E-state index contributed by atoms with van der Waals surface area (Å²) in [6.07, 6.45) is 0. The summed E-state index contributed by atoms with van der Waals surface area (Å²) in [6, 6.07) is 5.36. The smallest absolute Gasteiger partial charge is 0.211 e. The summed E-state index contributed by atoms with van der Waals surface area (Å²) in [5.74, 6) is -0.239. The zero-order chi connectivity index (χ0) is 15.1. The molecule has 1 aromatic heterocycles. The number of guanidine groups is 2. The van der Waals surface area contributed by atoms with E-state index in [0.717, 1.165) is 0 Å². The van der Waals surface area contributed by atoms with Gasteiger partial charge in [0, 0.05) is 0 Å². The molecule has 20 heavy (non-hydrogen) atoms. The van der Waals surface area contributed by atoms with Crippen molar-refractivity contribution in [3.8, 4) is 0 Å². The van der Waals surface area contributed by atoms with E-state index in [9.17, 15) is 0 Å². The van der Waals surface area contributed by atoms with E-state index in [-0.39, 0.29) is 11.9 Å². The second-order valence-corrected chi connectivity index (χ2v) is 3.83. The van der Waals surface area contributed by atoms with Crippen LogP contribution in [0.3, 0.4) is 0 Å². The van der Waals surface area contributed by atoms with E-state index < -0.39 is 0 Å². The van der Waals surface area contributed by atoms with Crippen molar-refractivity contribution in [2.45, 2.75) is 13.8 Å². The summed E-state index contributed by atoms with van der Waals surface area (Å²) in [4.78, 5) is 4.37. The van der Waals surface area contributed by atoms with E-state index in [1.54, 1.807) is 32.0 Å². The molecule has 0 amide bonds. The van der Waals surface area contributed by atoms with Crippen LogP contribution in [0.1, 0.15) is 25.2 Å². The van der Waals surface area contributed by atoms with Crippen LogP contribution in [0.5, 0.6) is 0 Å². The number of rotatable bonds is 4. The molecule has 0 spiro atoms. The van der Waals surface area contributed by atoms with Crippen LogP contribution >= 0.6 is 0 Å². The lowest BCUT2D eigenvalue weighted by Crippen LogP contribution is -2.22. The van der Waals surface area contributed by atoms with Crippen LogP contribution in [-0.2, 0) is 0 Å². The highest BCUT2D eigenvalue weighted by atomic mass is 15.3. The van der Waals surface area contributed by atoms with Gasteiger partial charge in [0.1, 0.15) is 0 Å². The fourth-order valence-corrected chi connectivity index (χ4v) is 1.21. The van der Waals surface area contributed by atoms with Crippen LogP contribution in [0.15, 0.2) is 38.6 Å². The summed E-state index contributed by atoms with van der Waals surface area (Å²) in [7, 11) is 0. The van der Waals surface area contributed by atoms with Crippen LogP contribution in [-0.4, -0.2) is 28.3 Å². The molecule has 106 valence electrons. The number of hydrogen-bond donors (Lipinski definition) is 4. The van der Waals surface area contributed by atoms with E-state index in [0.29, 0.717) is 22.8 Å². The average Bonchev–Trinajstić information content (AvgIpc) is 2.42. The Morgan fingerprint density at radius 1 is 0.800 bits per heavy atom. The van der Waals surface area contributed by atoms with Gasteiger partial charge >= 0.3 is 0 Å². The predicted molar refractivity (Wildman–Crippen MR) is 80.3 cm³/mol. The Labute approximate surface area is 116 Å². The lowest BCUT2D eigenvalue weighted by Gasteiger charge is -2.02. The Kier molecular flexibility index (Phi) is 5.15. The highest BCUT2D eigenvalue weighted by Gasteiger charge is 2.04. The summed E-state index contributed by atoms with van der Waals surface area (Å²) in [5, 5.41) is 14.8. The van der Waals surface area contributed by atoms with Crippen LogP contribution in [0.2, 0.25) is 0 Å². The van der Waals surface area contributed by atoms with Gasteiger partial charge in [-0.15, -0.1) is 10.2 Å². The van der Waals surface area contributed by atoms with Crippen molar-refractivity contribution in [2.75, 3.05) is 0 Å². The number of nitrogens with zero attached hydrogens (tertiary/aromatic N) is 5. The van der Waals surface area contributed by atoms with Crippen molar-refractivity contribution in [2.24, 2.45) is 43.3 Å². The molecule has 9 heteroatoms. The number of pyridine rings is 1. The largest absolute Gasteiger partial charge is 0.369 e. The molecule has 9 nitrogen and oxygen atoms in total. The Balaban J connectivity index is 3.08. The maximum absolute atomic E-state index is 5.21. The van der Waals surface area contributed by atoms with Crippen molar-refractivity contribution in [3.63, 3.8) is 0 Å². The molecule has 8 N–H and O–H groups in total. The highest BCUT2D eigenvalue weighted by Crippen LogP contribution is 2.03. The monoisotopic (exact) mass is 275 g/mol. The van der Waals surface area contributed by atoms with Crippen LogP contribution < -0.4 is 22.9 Å². The van der Waals surface area contributed by atoms with Gasteiger partial charge in [0.05, 0.1) is 22.8 Å². The SMILES string of the molecule is C/C(=N\N=C(N)N)c1cccc(/C(C)=N/N=C(N)N)n1. The fourth-order valence-electron chi connectivity index (χ4n) is 1.21. The summed E-state index contributed by atoms with van der Waals surface area (Å²) in [5.41, 5.74) is 23.2. The zero-order valence-electron chi connectivity index (χ0n) is 11.3. The molecular weight excluding hydrogens is 258 g/mol. The molecule has 0 aromatic carbocycles. The van der Waals surface area contributed by atoms with Gasteiger partial charge < -0.3 is 22.9 Å². The normalized spacial score (nSPS) is 11.9. The van der Waals surface area contributed by atoms with Crippen molar-refractivity contribution in [1.82, 2.24) is 4.98 Å². The van der Waals surface area contributed by atoms with Gasteiger partial charge in [0.2, 0.25) is 11.9 Å². The summed E-state index contributed by atoms with van der Waals surface area (Å²) in [6.45, 7) is 3.47. The second kappa shape index (κ2) is 6.83. The van der Waals surface area contributed by atoms with Gasteiger partial charge in [-0.25, -0.2) is 4.98 Å². The Bertz CT molecular complexity index is 540. The standard InChI is InChI=1S/C11H17N9/c1-6(17-19-10(12)13)8-4-3-5-9(16-8)7(2)18-20-11(14)15/h3-5H,1-2H3,(H4,12,13,19)(H4,14,15,20)/b17-6+,18-7+. The summed E-state index contributed by atoms with van der Waals surface area (Å²) >= 11 is 0. The minimum Gasteiger partial charge on any atom is -0.369 e. The third kappa shape index (κ3) is 4.72. The van der Waals surface area contributed by atoms with Gasteiger partial charge in [-0.05, 0) is 26.0 Å². The summed E-state index contributed by atoms with van der Waals surface area (Å²) < 4.78 is 0. The first-order valence-corrected chi connectivity index (χ1v) is 5.64. The molecule has 0 aliphatic carbocycles. The Morgan fingerprint density at radius 2 is 1.20 bits per heavy atom. The van der Waals surface area contributed by atoms with Crippen molar-refractivity contribution < 1.29 is 0 Å². The molecule has 1 heterocycles. The first-order chi connectivity index (χ1) is 9.40. The molecule has 0 radical (unpaired) electrons. The molecule has 0 aliphatic heterocycles. The van der Waals surface area contributed by atoms with Crippen molar-refractivity contribution >= 4 is 23.3 Å². The number of nitrogens with two attached hydrogens (primary N) is 4. The Morgan fingerprint density at radius 3 is 1.55 bits per heavy atom. The van der Waals surface area contributed by atoms with Crippen LogP contribution in [0.25, 0.3) is 0 Å². The molecule has 0 saturated heterocycles. The fraction of sp³-hybridized carbons (Fsp3) is 0.182. The first-order valence-electron chi connectivity index (χ1n) is 5.64. The topological polar surface area (TPSA) is 166 Å². The lowest BCUT2D eigenvalue weighted by atomic mass is 10.2. The van der Waals surface area contributed by atoms with Gasteiger partial charge in [0.25, 0.3) is 0 Å². The van der Waals surface area contributed by atoms with Gasteiger partial charge in [-0.2, -0.15) is 10.2 Å². The number of aromatic nitrogens is 1. The molecule has 0 unspecified atom stereocenters. The second-order valence-electron chi connectivity index (χ2n) is 3.83. The maximum atomic E-state index is 5.21. The van der Waals surface area contributed by atoms with Gasteiger partial charge in [0.15, 0.2) is 0 Å². The molecule has 0 aliphatic rings. The van der Waals surface area contributed by atoms with E-state index >= 15 is 0 Å². The molecular formula is C11H17N9. The van der Waals surface area contributed by atoms with Crippen LogP contribution in [0.4, 0.5) is 0 Å². The van der Waals surface area contributed by atoms with Gasteiger partial charge in [-0.3, -0.25) is 0 Å². The molecule has 0 atom stereocenters. The van der Waals surface area contributed by atoms with E-state index in [4.69, 9.17) is 22.9 Å². The van der Waals surface area contributed by atoms with Gasteiger partial charge in [-0.1, -0.05) is 6.07 Å². The van der Waals surface area contributed by atoms with Crippen molar-refractivity contribution in [3.05, 3.63) is 29.6 Å². The molecule has 0 saturated carbocycles.